The van der Waals surface area contributed by atoms with E-state index in [0.29, 0.717) is 17.0 Å². The van der Waals surface area contributed by atoms with Crippen LogP contribution in [-0.4, -0.2) is 23.5 Å². The summed E-state index contributed by atoms with van der Waals surface area (Å²) in [4.78, 5) is 4.27. The molecule has 3 N–H and O–H groups in total. The molecule has 2 rings (SSSR count). The van der Waals surface area contributed by atoms with Gasteiger partial charge in [-0.3, -0.25) is 0 Å². The van der Waals surface area contributed by atoms with Crippen LogP contribution < -0.4 is 10.5 Å². The van der Waals surface area contributed by atoms with Gasteiger partial charge in [0.1, 0.15) is 4.99 Å². The molecule has 0 amide bonds. The fourth-order valence-corrected chi connectivity index (χ4v) is 3.02. The molecule has 0 atom stereocenters. The molecule has 0 saturated heterocycles. The average molecular weight is 326 g/mol. The molecular weight excluding hydrogens is 312 g/mol. The molecule has 0 aliphatic rings. The first kappa shape index (κ1) is 15.5. The van der Waals surface area contributed by atoms with E-state index in [4.69, 9.17) is 22.5 Å². The third-order valence-electron chi connectivity index (χ3n) is 2.76. The third kappa shape index (κ3) is 3.63. The zero-order valence-corrected chi connectivity index (χ0v) is 13.1. The summed E-state index contributed by atoms with van der Waals surface area (Å²) in [5.74, 6) is 0.647. The van der Waals surface area contributed by atoms with Crippen molar-refractivity contribution in [2.75, 3.05) is 0 Å². The van der Waals surface area contributed by atoms with Crippen molar-refractivity contribution in [1.82, 2.24) is 14.9 Å². The number of nitrogens with one attached hydrogen (secondary N) is 1. The standard InChI is InChI=1S/C12H14N4O3S2/c1-7-5-9(3-4-10(7)12(13)20)21(17,18)14-6-11-15-8(2)16-19-11/h3-5,14H,6H2,1-2H3,(H2,13,20). The van der Waals surface area contributed by atoms with Crippen LogP contribution in [0.4, 0.5) is 0 Å². The zero-order chi connectivity index (χ0) is 15.6. The summed E-state index contributed by atoms with van der Waals surface area (Å²) in [6, 6.07) is 4.54. The Labute approximate surface area is 127 Å². The summed E-state index contributed by atoms with van der Waals surface area (Å²) < 4.78 is 31.6. The summed E-state index contributed by atoms with van der Waals surface area (Å²) in [5.41, 5.74) is 6.89. The Morgan fingerprint density at radius 3 is 2.67 bits per heavy atom. The van der Waals surface area contributed by atoms with Gasteiger partial charge in [0.05, 0.1) is 11.4 Å². The van der Waals surface area contributed by atoms with E-state index in [1.165, 1.54) is 12.1 Å². The van der Waals surface area contributed by atoms with Gasteiger partial charge in [-0.25, -0.2) is 13.1 Å². The second kappa shape index (κ2) is 5.88. The lowest BCUT2D eigenvalue weighted by Gasteiger charge is -2.08. The first-order chi connectivity index (χ1) is 9.79. The molecule has 1 heterocycles. The van der Waals surface area contributed by atoms with Crippen LogP contribution in [0.1, 0.15) is 22.8 Å². The van der Waals surface area contributed by atoms with E-state index in [1.54, 1.807) is 19.9 Å². The SMILES string of the molecule is Cc1noc(CNS(=O)(=O)c2ccc(C(N)=S)c(C)c2)n1. The molecule has 0 aliphatic carbocycles. The zero-order valence-electron chi connectivity index (χ0n) is 11.5. The smallest absolute Gasteiger partial charge is 0.241 e. The summed E-state index contributed by atoms with van der Waals surface area (Å²) in [6.45, 7) is 3.33. The highest BCUT2D eigenvalue weighted by atomic mass is 32.2. The number of sulfonamides is 1. The van der Waals surface area contributed by atoms with Crippen LogP contribution in [0, 0.1) is 13.8 Å². The Kier molecular flexibility index (Phi) is 4.35. The third-order valence-corrected chi connectivity index (χ3v) is 4.38. The Hall–Kier alpha value is -1.84. The molecule has 7 nitrogen and oxygen atoms in total. The largest absolute Gasteiger partial charge is 0.389 e. The number of hydrogen-bond acceptors (Lipinski definition) is 6. The van der Waals surface area contributed by atoms with Crippen molar-refractivity contribution >= 4 is 27.2 Å². The van der Waals surface area contributed by atoms with E-state index in [2.05, 4.69) is 14.9 Å². The van der Waals surface area contributed by atoms with Gasteiger partial charge in [0, 0.05) is 5.56 Å². The molecule has 21 heavy (non-hydrogen) atoms. The number of rotatable bonds is 5. The molecule has 0 saturated carbocycles. The van der Waals surface area contributed by atoms with Gasteiger partial charge >= 0.3 is 0 Å². The van der Waals surface area contributed by atoms with Crippen LogP contribution in [-0.2, 0) is 16.6 Å². The molecule has 0 fully saturated rings. The van der Waals surface area contributed by atoms with Crippen molar-refractivity contribution in [2.45, 2.75) is 25.3 Å². The first-order valence-electron chi connectivity index (χ1n) is 5.99. The molecule has 9 heteroatoms. The van der Waals surface area contributed by atoms with Crippen LogP contribution in [0.25, 0.3) is 0 Å². The number of benzene rings is 1. The maximum absolute atomic E-state index is 12.2. The average Bonchev–Trinajstić information content (AvgIpc) is 2.82. The van der Waals surface area contributed by atoms with Crippen molar-refractivity contribution in [3.05, 3.63) is 41.0 Å². The maximum Gasteiger partial charge on any atom is 0.241 e. The van der Waals surface area contributed by atoms with Gasteiger partial charge in [0.25, 0.3) is 0 Å². The number of nitrogens with two attached hydrogens (primary N) is 1. The normalized spacial score (nSPS) is 11.5. The minimum absolute atomic E-state index is 0.0702. The van der Waals surface area contributed by atoms with Crippen molar-refractivity contribution < 1.29 is 12.9 Å². The Morgan fingerprint density at radius 2 is 2.14 bits per heavy atom. The highest BCUT2D eigenvalue weighted by Gasteiger charge is 2.17. The predicted molar refractivity (Wildman–Crippen MR) is 80.1 cm³/mol. The van der Waals surface area contributed by atoms with E-state index in [9.17, 15) is 8.42 Å². The fourth-order valence-electron chi connectivity index (χ4n) is 1.73. The van der Waals surface area contributed by atoms with Crippen molar-refractivity contribution in [1.29, 1.82) is 0 Å². The lowest BCUT2D eigenvalue weighted by atomic mass is 10.1. The van der Waals surface area contributed by atoms with E-state index >= 15 is 0 Å². The number of aryl methyl sites for hydroxylation is 2. The Morgan fingerprint density at radius 1 is 1.43 bits per heavy atom. The van der Waals surface area contributed by atoms with E-state index < -0.39 is 10.0 Å². The van der Waals surface area contributed by atoms with Crippen LogP contribution in [0.3, 0.4) is 0 Å². The molecule has 0 unspecified atom stereocenters. The van der Waals surface area contributed by atoms with Crippen molar-refractivity contribution in [2.24, 2.45) is 5.73 Å². The highest BCUT2D eigenvalue weighted by Crippen LogP contribution is 2.15. The number of aromatic nitrogens is 2. The maximum atomic E-state index is 12.2. The number of thiocarbonyl (C=S) groups is 1. The van der Waals surface area contributed by atoms with Crippen molar-refractivity contribution in [3.8, 4) is 0 Å². The van der Waals surface area contributed by atoms with Crippen molar-refractivity contribution in [3.63, 3.8) is 0 Å². The minimum Gasteiger partial charge on any atom is -0.389 e. The predicted octanol–water partition coefficient (Wildman–Crippen LogP) is 0.799. The van der Waals surface area contributed by atoms with Crippen LogP contribution in [0.15, 0.2) is 27.6 Å². The van der Waals surface area contributed by atoms with Gasteiger partial charge in [-0.2, -0.15) is 4.98 Å². The number of nitrogens with zero attached hydrogens (tertiary/aromatic N) is 2. The Bertz CT molecular complexity index is 784. The van der Waals surface area contributed by atoms with Gasteiger partial charge in [-0.05, 0) is 31.5 Å². The summed E-state index contributed by atoms with van der Waals surface area (Å²) in [5, 5.41) is 3.59. The van der Waals surface area contributed by atoms with Gasteiger partial charge < -0.3 is 10.3 Å². The van der Waals surface area contributed by atoms with Gasteiger partial charge in [0.15, 0.2) is 5.82 Å². The molecule has 0 radical (unpaired) electrons. The fraction of sp³-hybridized carbons (Fsp3) is 0.250. The summed E-state index contributed by atoms with van der Waals surface area (Å²) >= 11 is 4.89. The van der Waals surface area contributed by atoms with Gasteiger partial charge in [0.2, 0.25) is 15.9 Å². The van der Waals surface area contributed by atoms with E-state index in [0.717, 1.165) is 0 Å². The lowest BCUT2D eigenvalue weighted by molar-refractivity contribution is 0.372. The molecule has 112 valence electrons. The Balaban J connectivity index is 2.19. The molecule has 0 spiro atoms. The lowest BCUT2D eigenvalue weighted by Crippen LogP contribution is -2.24. The van der Waals surface area contributed by atoms with Gasteiger partial charge in [-0.1, -0.05) is 23.4 Å². The second-order valence-electron chi connectivity index (χ2n) is 4.40. The minimum atomic E-state index is -3.68. The number of hydrogen-bond donors (Lipinski definition) is 2. The summed E-state index contributed by atoms with van der Waals surface area (Å²) in [7, 11) is -3.68. The first-order valence-corrected chi connectivity index (χ1v) is 7.88. The molecule has 0 aliphatic heterocycles. The van der Waals surface area contributed by atoms with Crippen LogP contribution >= 0.6 is 12.2 Å². The highest BCUT2D eigenvalue weighted by molar-refractivity contribution is 7.89. The van der Waals surface area contributed by atoms with Gasteiger partial charge in [-0.15, -0.1) is 0 Å². The molecule has 0 bridgehead atoms. The van der Waals surface area contributed by atoms with E-state index in [1.807, 2.05) is 0 Å². The molecule has 2 aromatic rings. The second-order valence-corrected chi connectivity index (χ2v) is 6.61. The van der Waals surface area contributed by atoms with Crippen LogP contribution in [0.2, 0.25) is 0 Å². The van der Waals surface area contributed by atoms with E-state index in [-0.39, 0.29) is 22.3 Å². The monoisotopic (exact) mass is 326 g/mol. The quantitative estimate of drug-likeness (QED) is 0.782. The molecule has 1 aromatic carbocycles. The topological polar surface area (TPSA) is 111 Å². The molecular formula is C12H14N4O3S2. The molecule has 1 aromatic heterocycles. The summed E-state index contributed by atoms with van der Waals surface area (Å²) in [6.07, 6.45) is 0. The van der Waals surface area contributed by atoms with Crippen LogP contribution in [0.5, 0.6) is 0 Å².